The molecule has 1 aliphatic heterocycles. The van der Waals surface area contributed by atoms with E-state index in [1.165, 1.54) is 0 Å². The maximum absolute atomic E-state index is 12.4. The van der Waals surface area contributed by atoms with Crippen molar-refractivity contribution in [1.82, 2.24) is 0 Å². The maximum atomic E-state index is 12.4. The minimum Gasteiger partial charge on any atom is -0.491 e. The molecule has 0 aliphatic carbocycles. The monoisotopic (exact) mass is 325 g/mol. The van der Waals surface area contributed by atoms with Crippen LogP contribution < -0.4 is 10.1 Å². The first-order valence-electron chi connectivity index (χ1n) is 8.19. The Morgan fingerprint density at radius 3 is 2.54 bits per heavy atom. The van der Waals surface area contributed by atoms with Gasteiger partial charge in [0.1, 0.15) is 18.5 Å². The molecule has 1 N–H and O–H groups in total. The lowest BCUT2D eigenvalue weighted by molar-refractivity contribution is 0.102. The zero-order valence-electron chi connectivity index (χ0n) is 14.3. The van der Waals surface area contributed by atoms with E-state index in [-0.39, 0.29) is 17.4 Å². The zero-order valence-corrected chi connectivity index (χ0v) is 14.3. The smallest absolute Gasteiger partial charge is 0.255 e. The molecule has 1 unspecified atom stereocenters. The number of anilines is 1. The lowest BCUT2D eigenvalue weighted by Crippen LogP contribution is -2.19. The van der Waals surface area contributed by atoms with Crippen LogP contribution in [-0.4, -0.2) is 25.2 Å². The third kappa shape index (κ3) is 4.15. The lowest BCUT2D eigenvalue weighted by atomic mass is 9.85. The van der Waals surface area contributed by atoms with Gasteiger partial charge in [0.2, 0.25) is 0 Å². The van der Waals surface area contributed by atoms with Gasteiger partial charge in [0.25, 0.3) is 5.91 Å². The highest BCUT2D eigenvalue weighted by atomic mass is 16.6. The molecule has 0 bridgehead atoms. The molecule has 2 aromatic carbocycles. The molecule has 1 saturated heterocycles. The predicted octanol–water partition coefficient (Wildman–Crippen LogP) is 4.01. The Labute approximate surface area is 142 Å². The van der Waals surface area contributed by atoms with Gasteiger partial charge in [-0.15, -0.1) is 0 Å². The van der Waals surface area contributed by atoms with Crippen LogP contribution in [0, 0.1) is 0 Å². The lowest BCUT2D eigenvalue weighted by Gasteiger charge is -2.24. The standard InChI is InChI=1S/C20H23NO3/c1-20(2,3)17-11-15(23-12-16-13-24-16)9-10-18(17)21-19(22)14-7-5-4-6-8-14/h4-11,16H,12-13H2,1-3H3,(H,21,22). The summed E-state index contributed by atoms with van der Waals surface area (Å²) in [5, 5.41) is 3.02. The van der Waals surface area contributed by atoms with Crippen molar-refractivity contribution < 1.29 is 14.3 Å². The maximum Gasteiger partial charge on any atom is 0.255 e. The summed E-state index contributed by atoms with van der Waals surface area (Å²) in [5.74, 6) is 0.689. The zero-order chi connectivity index (χ0) is 17.2. The molecule has 4 nitrogen and oxygen atoms in total. The number of carbonyl (C=O) groups is 1. The number of benzene rings is 2. The van der Waals surface area contributed by atoms with Crippen molar-refractivity contribution in [2.75, 3.05) is 18.5 Å². The number of rotatable bonds is 5. The van der Waals surface area contributed by atoms with Crippen LogP contribution >= 0.6 is 0 Å². The highest BCUT2D eigenvalue weighted by Gasteiger charge is 2.24. The molecule has 1 heterocycles. The fraction of sp³-hybridized carbons (Fsp3) is 0.350. The van der Waals surface area contributed by atoms with Crippen molar-refractivity contribution in [3.05, 3.63) is 59.7 Å². The first-order valence-corrected chi connectivity index (χ1v) is 8.19. The van der Waals surface area contributed by atoms with Gasteiger partial charge >= 0.3 is 0 Å². The van der Waals surface area contributed by atoms with E-state index in [1.54, 1.807) is 12.1 Å². The fourth-order valence-corrected chi connectivity index (χ4v) is 2.48. The molecule has 1 aliphatic rings. The van der Waals surface area contributed by atoms with Crippen molar-refractivity contribution in [2.24, 2.45) is 0 Å². The van der Waals surface area contributed by atoms with Crippen LogP contribution in [0.4, 0.5) is 5.69 Å². The van der Waals surface area contributed by atoms with Crippen LogP contribution in [-0.2, 0) is 10.2 Å². The molecular formula is C20H23NO3. The number of hydrogen-bond donors (Lipinski definition) is 1. The molecule has 2 aromatic rings. The number of hydrogen-bond acceptors (Lipinski definition) is 3. The van der Waals surface area contributed by atoms with Gasteiger partial charge in [0.05, 0.1) is 6.61 Å². The van der Waals surface area contributed by atoms with Gasteiger partial charge in [-0.2, -0.15) is 0 Å². The minimum atomic E-state index is -0.116. The largest absolute Gasteiger partial charge is 0.491 e. The quantitative estimate of drug-likeness (QED) is 0.845. The summed E-state index contributed by atoms with van der Waals surface area (Å²) in [4.78, 5) is 12.4. The Hall–Kier alpha value is -2.33. The van der Waals surface area contributed by atoms with Crippen molar-refractivity contribution in [3.63, 3.8) is 0 Å². The Morgan fingerprint density at radius 1 is 1.21 bits per heavy atom. The molecule has 1 atom stereocenters. The molecule has 0 aromatic heterocycles. The van der Waals surface area contributed by atoms with Crippen LogP contribution in [0.15, 0.2) is 48.5 Å². The van der Waals surface area contributed by atoms with E-state index >= 15 is 0 Å². The molecule has 0 radical (unpaired) electrons. The number of nitrogens with one attached hydrogen (secondary N) is 1. The molecular weight excluding hydrogens is 302 g/mol. The van der Waals surface area contributed by atoms with Gasteiger partial charge < -0.3 is 14.8 Å². The topological polar surface area (TPSA) is 50.9 Å². The second-order valence-electron chi connectivity index (χ2n) is 7.04. The van der Waals surface area contributed by atoms with E-state index in [4.69, 9.17) is 9.47 Å². The Balaban J connectivity index is 1.81. The van der Waals surface area contributed by atoms with Crippen LogP contribution in [0.1, 0.15) is 36.7 Å². The molecule has 126 valence electrons. The second-order valence-corrected chi connectivity index (χ2v) is 7.04. The average molecular weight is 325 g/mol. The van der Waals surface area contributed by atoms with Gasteiger partial charge in [-0.25, -0.2) is 0 Å². The van der Waals surface area contributed by atoms with E-state index in [2.05, 4.69) is 26.1 Å². The highest BCUT2D eigenvalue weighted by Crippen LogP contribution is 2.33. The first-order chi connectivity index (χ1) is 11.4. The van der Waals surface area contributed by atoms with Crippen LogP contribution in [0.25, 0.3) is 0 Å². The Bertz CT molecular complexity index is 715. The Kier molecular flexibility index (Phi) is 4.58. The van der Waals surface area contributed by atoms with Crippen molar-refractivity contribution >= 4 is 11.6 Å². The van der Waals surface area contributed by atoms with E-state index < -0.39 is 0 Å². The van der Waals surface area contributed by atoms with Crippen LogP contribution in [0.5, 0.6) is 5.75 Å². The summed E-state index contributed by atoms with van der Waals surface area (Å²) in [6, 6.07) is 15.0. The molecule has 3 rings (SSSR count). The number of amides is 1. The third-order valence-electron chi connectivity index (χ3n) is 3.92. The number of epoxide rings is 1. The van der Waals surface area contributed by atoms with E-state index in [0.29, 0.717) is 12.2 Å². The van der Waals surface area contributed by atoms with Gasteiger partial charge in [-0.1, -0.05) is 39.0 Å². The van der Waals surface area contributed by atoms with Gasteiger partial charge in [0.15, 0.2) is 0 Å². The Morgan fingerprint density at radius 2 is 1.92 bits per heavy atom. The predicted molar refractivity (Wildman–Crippen MR) is 94.8 cm³/mol. The molecule has 4 heteroatoms. The summed E-state index contributed by atoms with van der Waals surface area (Å²) in [6.45, 7) is 7.70. The van der Waals surface area contributed by atoms with E-state index in [0.717, 1.165) is 23.6 Å². The first kappa shape index (κ1) is 16.5. The highest BCUT2D eigenvalue weighted by molar-refractivity contribution is 6.04. The van der Waals surface area contributed by atoms with Gasteiger partial charge in [0, 0.05) is 11.3 Å². The van der Waals surface area contributed by atoms with E-state index in [9.17, 15) is 4.79 Å². The minimum absolute atomic E-state index is 0.110. The fourth-order valence-electron chi connectivity index (χ4n) is 2.48. The van der Waals surface area contributed by atoms with Crippen molar-refractivity contribution in [2.45, 2.75) is 32.3 Å². The summed E-state index contributed by atoms with van der Waals surface area (Å²) < 4.78 is 10.9. The number of ether oxygens (including phenoxy) is 2. The second kappa shape index (κ2) is 6.65. The molecule has 1 amide bonds. The SMILES string of the molecule is CC(C)(C)c1cc(OCC2CO2)ccc1NC(=O)c1ccccc1. The summed E-state index contributed by atoms with van der Waals surface area (Å²) in [7, 11) is 0. The van der Waals surface area contributed by atoms with Gasteiger partial charge in [-0.3, -0.25) is 4.79 Å². The van der Waals surface area contributed by atoms with Crippen LogP contribution in [0.2, 0.25) is 0 Å². The third-order valence-corrected chi connectivity index (χ3v) is 3.92. The molecule has 0 saturated carbocycles. The molecule has 24 heavy (non-hydrogen) atoms. The summed E-state index contributed by atoms with van der Waals surface area (Å²) in [5.41, 5.74) is 2.38. The normalized spacial score (nSPS) is 16.5. The number of carbonyl (C=O) groups excluding carboxylic acids is 1. The van der Waals surface area contributed by atoms with Crippen LogP contribution in [0.3, 0.4) is 0 Å². The summed E-state index contributed by atoms with van der Waals surface area (Å²) >= 11 is 0. The van der Waals surface area contributed by atoms with Gasteiger partial charge in [-0.05, 0) is 41.3 Å². The molecule has 0 spiro atoms. The summed E-state index contributed by atoms with van der Waals surface area (Å²) in [6.07, 6.45) is 0.223. The average Bonchev–Trinajstić information content (AvgIpc) is 3.38. The van der Waals surface area contributed by atoms with Crippen molar-refractivity contribution in [1.29, 1.82) is 0 Å². The molecule has 1 fully saturated rings. The van der Waals surface area contributed by atoms with E-state index in [1.807, 2.05) is 36.4 Å². The van der Waals surface area contributed by atoms with Crippen molar-refractivity contribution in [3.8, 4) is 5.75 Å².